The van der Waals surface area contributed by atoms with E-state index in [4.69, 9.17) is 0 Å². The molecule has 0 bridgehead atoms. The Labute approximate surface area is 64.6 Å². The minimum absolute atomic E-state index is 0.565. The average molecular weight is 144 g/mol. The summed E-state index contributed by atoms with van der Waals surface area (Å²) >= 11 is 0. The molecule has 2 nitrogen and oxygen atoms in total. The molecule has 0 saturated heterocycles. The largest absolute Gasteiger partial charge is 0.305 e. The highest BCUT2D eigenvalue weighted by molar-refractivity contribution is 4.62. The highest BCUT2D eigenvalue weighted by atomic mass is 15.2. The first-order chi connectivity index (χ1) is 4.79. The van der Waals surface area contributed by atoms with E-state index in [0.29, 0.717) is 6.17 Å². The highest BCUT2D eigenvalue weighted by Gasteiger charge is 2.08. The molecular formula is C8H20N2. The quantitative estimate of drug-likeness (QED) is 0.585. The minimum atomic E-state index is 0.565. The molecule has 0 heterocycles. The maximum absolute atomic E-state index is 3.28. The number of rotatable bonds is 5. The van der Waals surface area contributed by atoms with Crippen LogP contribution in [0.1, 0.15) is 27.2 Å². The SMILES string of the molecule is CCC(NC)N(CC)CC. The predicted octanol–water partition coefficient (Wildman–Crippen LogP) is 1.28. The van der Waals surface area contributed by atoms with Crippen molar-refractivity contribution in [3.63, 3.8) is 0 Å². The number of hydrogen-bond donors (Lipinski definition) is 1. The third-order valence-electron chi connectivity index (χ3n) is 1.97. The Morgan fingerprint density at radius 2 is 1.70 bits per heavy atom. The van der Waals surface area contributed by atoms with Gasteiger partial charge in [0, 0.05) is 0 Å². The van der Waals surface area contributed by atoms with E-state index in [1.54, 1.807) is 0 Å². The molecule has 0 radical (unpaired) electrons. The molecule has 0 aliphatic heterocycles. The van der Waals surface area contributed by atoms with Gasteiger partial charge in [-0.2, -0.15) is 0 Å². The van der Waals surface area contributed by atoms with E-state index in [1.807, 2.05) is 7.05 Å². The second-order valence-electron chi connectivity index (χ2n) is 2.43. The van der Waals surface area contributed by atoms with Crippen LogP contribution in [0.4, 0.5) is 0 Å². The van der Waals surface area contributed by atoms with Crippen molar-refractivity contribution in [3.05, 3.63) is 0 Å². The standard InChI is InChI=1S/C8H20N2/c1-5-8(9-4)10(6-2)7-3/h8-9H,5-7H2,1-4H3. The maximum Gasteiger partial charge on any atom is 0.0591 e. The molecule has 0 amide bonds. The van der Waals surface area contributed by atoms with E-state index in [0.717, 1.165) is 13.1 Å². The maximum atomic E-state index is 3.28. The number of nitrogens with one attached hydrogen (secondary N) is 1. The summed E-state index contributed by atoms with van der Waals surface area (Å²) in [6.07, 6.45) is 1.74. The summed E-state index contributed by atoms with van der Waals surface area (Å²) in [5.41, 5.74) is 0. The summed E-state index contributed by atoms with van der Waals surface area (Å²) in [5.74, 6) is 0. The van der Waals surface area contributed by atoms with Crippen molar-refractivity contribution in [1.82, 2.24) is 10.2 Å². The van der Waals surface area contributed by atoms with Gasteiger partial charge in [-0.05, 0) is 26.6 Å². The molecule has 2 heteroatoms. The lowest BCUT2D eigenvalue weighted by atomic mass is 10.3. The summed E-state index contributed by atoms with van der Waals surface area (Å²) in [6, 6.07) is 0. The first-order valence-corrected chi connectivity index (χ1v) is 4.21. The van der Waals surface area contributed by atoms with Crippen molar-refractivity contribution < 1.29 is 0 Å². The Morgan fingerprint density at radius 1 is 1.20 bits per heavy atom. The van der Waals surface area contributed by atoms with Crippen molar-refractivity contribution >= 4 is 0 Å². The van der Waals surface area contributed by atoms with E-state index >= 15 is 0 Å². The molecule has 1 unspecified atom stereocenters. The normalized spacial score (nSPS) is 14.1. The summed E-state index contributed by atoms with van der Waals surface area (Å²) in [6.45, 7) is 8.87. The second-order valence-corrected chi connectivity index (χ2v) is 2.43. The lowest BCUT2D eigenvalue weighted by Crippen LogP contribution is -2.43. The first kappa shape index (κ1) is 9.92. The zero-order chi connectivity index (χ0) is 7.98. The third kappa shape index (κ3) is 2.67. The average Bonchev–Trinajstić information content (AvgIpc) is 2.00. The summed E-state index contributed by atoms with van der Waals surface area (Å²) < 4.78 is 0. The fourth-order valence-electron chi connectivity index (χ4n) is 1.31. The zero-order valence-corrected chi connectivity index (χ0v) is 7.65. The fourth-order valence-corrected chi connectivity index (χ4v) is 1.31. The van der Waals surface area contributed by atoms with Crippen LogP contribution >= 0.6 is 0 Å². The summed E-state index contributed by atoms with van der Waals surface area (Å²) in [5, 5.41) is 3.28. The number of hydrogen-bond acceptors (Lipinski definition) is 2. The van der Waals surface area contributed by atoms with Gasteiger partial charge in [0.2, 0.25) is 0 Å². The van der Waals surface area contributed by atoms with Gasteiger partial charge in [0.15, 0.2) is 0 Å². The molecule has 0 aliphatic carbocycles. The van der Waals surface area contributed by atoms with Crippen LogP contribution in [0, 0.1) is 0 Å². The Morgan fingerprint density at radius 3 is 1.80 bits per heavy atom. The van der Waals surface area contributed by atoms with E-state index in [9.17, 15) is 0 Å². The highest BCUT2D eigenvalue weighted by Crippen LogP contribution is 1.98. The van der Waals surface area contributed by atoms with Crippen LogP contribution in [0.15, 0.2) is 0 Å². The molecule has 0 spiro atoms. The smallest absolute Gasteiger partial charge is 0.0591 e. The number of nitrogens with zero attached hydrogens (tertiary/aromatic N) is 1. The van der Waals surface area contributed by atoms with Gasteiger partial charge in [-0.1, -0.05) is 20.8 Å². The van der Waals surface area contributed by atoms with Gasteiger partial charge in [0.05, 0.1) is 6.17 Å². The van der Waals surface area contributed by atoms with Crippen molar-refractivity contribution in [2.24, 2.45) is 0 Å². The molecule has 0 aromatic carbocycles. The van der Waals surface area contributed by atoms with Gasteiger partial charge in [0.1, 0.15) is 0 Å². The molecule has 1 atom stereocenters. The summed E-state index contributed by atoms with van der Waals surface area (Å²) in [7, 11) is 2.02. The van der Waals surface area contributed by atoms with E-state index < -0.39 is 0 Å². The third-order valence-corrected chi connectivity index (χ3v) is 1.97. The van der Waals surface area contributed by atoms with Crippen molar-refractivity contribution in [2.45, 2.75) is 33.4 Å². The molecule has 0 rings (SSSR count). The second kappa shape index (κ2) is 5.69. The molecule has 0 aliphatic rings. The van der Waals surface area contributed by atoms with E-state index in [2.05, 4.69) is 31.0 Å². The topological polar surface area (TPSA) is 15.3 Å². The van der Waals surface area contributed by atoms with Crippen LogP contribution in [0.3, 0.4) is 0 Å². The Kier molecular flexibility index (Phi) is 5.64. The Bertz CT molecular complexity index is 55.7. The van der Waals surface area contributed by atoms with Crippen LogP contribution in [0.25, 0.3) is 0 Å². The Balaban J connectivity index is 3.70. The van der Waals surface area contributed by atoms with Crippen LogP contribution < -0.4 is 5.32 Å². The molecule has 10 heavy (non-hydrogen) atoms. The van der Waals surface area contributed by atoms with Gasteiger partial charge < -0.3 is 5.32 Å². The molecule has 0 fully saturated rings. The van der Waals surface area contributed by atoms with Crippen LogP contribution in [0.2, 0.25) is 0 Å². The van der Waals surface area contributed by atoms with Gasteiger partial charge in [-0.3, -0.25) is 4.90 Å². The molecule has 62 valence electrons. The Hall–Kier alpha value is -0.0800. The molecule has 0 aromatic heterocycles. The van der Waals surface area contributed by atoms with Crippen LogP contribution in [-0.4, -0.2) is 31.2 Å². The fraction of sp³-hybridized carbons (Fsp3) is 1.00. The van der Waals surface area contributed by atoms with Gasteiger partial charge in [0.25, 0.3) is 0 Å². The molecular weight excluding hydrogens is 124 g/mol. The predicted molar refractivity (Wildman–Crippen MR) is 46.1 cm³/mol. The van der Waals surface area contributed by atoms with E-state index in [-0.39, 0.29) is 0 Å². The van der Waals surface area contributed by atoms with E-state index in [1.165, 1.54) is 6.42 Å². The molecule has 0 saturated carbocycles. The molecule has 1 N–H and O–H groups in total. The first-order valence-electron chi connectivity index (χ1n) is 4.21. The monoisotopic (exact) mass is 144 g/mol. The van der Waals surface area contributed by atoms with Gasteiger partial charge in [-0.25, -0.2) is 0 Å². The van der Waals surface area contributed by atoms with Crippen LogP contribution in [0.5, 0.6) is 0 Å². The van der Waals surface area contributed by atoms with Crippen molar-refractivity contribution in [3.8, 4) is 0 Å². The minimum Gasteiger partial charge on any atom is -0.305 e. The van der Waals surface area contributed by atoms with Gasteiger partial charge in [-0.15, -0.1) is 0 Å². The van der Waals surface area contributed by atoms with Gasteiger partial charge >= 0.3 is 0 Å². The zero-order valence-electron chi connectivity index (χ0n) is 7.65. The van der Waals surface area contributed by atoms with Crippen molar-refractivity contribution in [2.75, 3.05) is 20.1 Å². The summed E-state index contributed by atoms with van der Waals surface area (Å²) in [4.78, 5) is 2.42. The lowest BCUT2D eigenvalue weighted by Gasteiger charge is -2.27. The molecule has 0 aromatic rings. The van der Waals surface area contributed by atoms with Crippen LogP contribution in [-0.2, 0) is 0 Å². The lowest BCUT2D eigenvalue weighted by molar-refractivity contribution is 0.186. The van der Waals surface area contributed by atoms with Crippen molar-refractivity contribution in [1.29, 1.82) is 0 Å².